The van der Waals surface area contributed by atoms with Crippen LogP contribution in [0.4, 0.5) is 0 Å². The molecule has 0 saturated carbocycles. The van der Waals surface area contributed by atoms with Gasteiger partial charge in [-0.25, -0.2) is 0 Å². The number of rotatable bonds is 30. The second-order valence-electron chi connectivity index (χ2n) is 11.6. The van der Waals surface area contributed by atoms with Crippen LogP contribution in [0.3, 0.4) is 0 Å². The molecule has 1 atom stereocenters. The zero-order valence-electron chi connectivity index (χ0n) is 25.4. The first kappa shape index (κ1) is 35.5. The number of hydrogen-bond donors (Lipinski definition) is 0. The Labute approximate surface area is 228 Å². The fraction of sp³-hybridized carbons (Fsp3) is 0.971. The van der Waals surface area contributed by atoms with Crippen LogP contribution < -0.4 is 0 Å². The van der Waals surface area contributed by atoms with E-state index in [0.717, 1.165) is 19.3 Å². The van der Waals surface area contributed by atoms with Crippen LogP contribution in [-0.2, 0) is 9.53 Å². The van der Waals surface area contributed by atoms with Crippen molar-refractivity contribution in [3.63, 3.8) is 0 Å². The summed E-state index contributed by atoms with van der Waals surface area (Å²) in [6, 6.07) is 0. The predicted octanol–water partition coefficient (Wildman–Crippen LogP) is 12.1. The molecule has 0 radical (unpaired) electrons. The molecule has 0 aromatic rings. The Morgan fingerprint density at radius 2 is 0.694 bits per heavy atom. The molecule has 1 unspecified atom stereocenters. The Morgan fingerprint density at radius 1 is 0.417 bits per heavy atom. The molecule has 0 fully saturated rings. The maximum absolute atomic E-state index is 12.8. The summed E-state index contributed by atoms with van der Waals surface area (Å²) < 4.78 is 5.70. The third-order valence-electron chi connectivity index (χ3n) is 7.89. The number of ether oxygens (including phenoxy) is 1. The number of carbonyl (C=O) groups excluding carboxylic acids is 1. The maximum atomic E-state index is 12.8. The van der Waals surface area contributed by atoms with E-state index in [1.165, 1.54) is 161 Å². The van der Waals surface area contributed by atoms with Gasteiger partial charge in [-0.3, -0.25) is 4.79 Å². The van der Waals surface area contributed by atoms with Gasteiger partial charge in [0.05, 0.1) is 12.5 Å². The van der Waals surface area contributed by atoms with Gasteiger partial charge in [0.2, 0.25) is 0 Å². The van der Waals surface area contributed by atoms with Crippen LogP contribution in [-0.4, -0.2) is 12.6 Å². The summed E-state index contributed by atoms with van der Waals surface area (Å²) in [4.78, 5) is 12.8. The summed E-state index contributed by atoms with van der Waals surface area (Å²) in [6.45, 7) is 7.43. The van der Waals surface area contributed by atoms with Gasteiger partial charge >= 0.3 is 5.97 Å². The van der Waals surface area contributed by atoms with Crippen LogP contribution in [0.1, 0.15) is 201 Å². The highest BCUT2D eigenvalue weighted by molar-refractivity contribution is 5.72. The molecule has 0 aliphatic carbocycles. The van der Waals surface area contributed by atoms with Crippen LogP contribution in [0.2, 0.25) is 0 Å². The minimum absolute atomic E-state index is 0.101. The van der Waals surface area contributed by atoms with Gasteiger partial charge < -0.3 is 4.74 Å². The van der Waals surface area contributed by atoms with Gasteiger partial charge in [-0.2, -0.15) is 0 Å². The van der Waals surface area contributed by atoms with E-state index in [0.29, 0.717) is 6.61 Å². The first-order valence-electron chi connectivity index (χ1n) is 16.9. The zero-order valence-corrected chi connectivity index (χ0v) is 25.4. The second kappa shape index (κ2) is 30.7. The molecule has 0 rings (SSSR count). The Kier molecular flexibility index (Phi) is 30.2. The molecule has 0 spiro atoms. The van der Waals surface area contributed by atoms with Crippen LogP contribution in [0.5, 0.6) is 0 Å². The molecule has 0 heterocycles. The molecular weight excluding hydrogens is 440 g/mol. The third-order valence-corrected chi connectivity index (χ3v) is 7.89. The highest BCUT2D eigenvalue weighted by atomic mass is 16.5. The summed E-state index contributed by atoms with van der Waals surface area (Å²) in [7, 11) is 0. The maximum Gasteiger partial charge on any atom is 0.308 e. The van der Waals surface area contributed by atoms with Crippen molar-refractivity contribution in [1.82, 2.24) is 0 Å². The quantitative estimate of drug-likeness (QED) is 0.0712. The van der Waals surface area contributed by atoms with Crippen molar-refractivity contribution >= 4 is 5.97 Å². The number of carbonyl (C=O) groups is 1. The highest BCUT2D eigenvalue weighted by Gasteiger charge is 2.19. The average molecular weight is 509 g/mol. The molecule has 0 N–H and O–H groups in total. The van der Waals surface area contributed by atoms with Gasteiger partial charge in [-0.15, -0.1) is 0 Å². The van der Waals surface area contributed by atoms with E-state index in [-0.39, 0.29) is 11.9 Å². The Morgan fingerprint density at radius 3 is 1.03 bits per heavy atom. The monoisotopic (exact) mass is 509 g/mol. The summed E-state index contributed by atoms with van der Waals surface area (Å²) in [5.74, 6) is 0.248. The minimum Gasteiger partial charge on any atom is -0.465 e. The van der Waals surface area contributed by atoms with Crippen LogP contribution in [0, 0.1) is 5.92 Å². The van der Waals surface area contributed by atoms with E-state index in [1.807, 2.05) is 0 Å². The van der Waals surface area contributed by atoms with Crippen molar-refractivity contribution in [3.05, 3.63) is 0 Å². The lowest BCUT2D eigenvalue weighted by Crippen LogP contribution is -2.18. The molecule has 0 saturated heterocycles. The molecule has 0 aliphatic rings. The molecule has 216 valence electrons. The van der Waals surface area contributed by atoms with Crippen molar-refractivity contribution < 1.29 is 9.53 Å². The molecule has 0 aromatic carbocycles. The van der Waals surface area contributed by atoms with Crippen molar-refractivity contribution in [2.75, 3.05) is 6.61 Å². The lowest BCUT2D eigenvalue weighted by molar-refractivity contribution is -0.149. The van der Waals surface area contributed by atoms with E-state index in [2.05, 4.69) is 20.8 Å². The number of hydrogen-bond acceptors (Lipinski definition) is 2. The molecule has 0 amide bonds. The third kappa shape index (κ3) is 26.5. The Balaban J connectivity index is 3.89. The fourth-order valence-electron chi connectivity index (χ4n) is 5.31. The molecule has 0 bridgehead atoms. The molecule has 0 aliphatic heterocycles. The highest BCUT2D eigenvalue weighted by Crippen LogP contribution is 2.21. The van der Waals surface area contributed by atoms with Crippen molar-refractivity contribution in [2.24, 2.45) is 5.92 Å². The Bertz CT molecular complexity index is 419. The van der Waals surface area contributed by atoms with Gasteiger partial charge in [-0.1, -0.05) is 181 Å². The van der Waals surface area contributed by atoms with Crippen LogP contribution in [0.25, 0.3) is 0 Å². The fourth-order valence-corrected chi connectivity index (χ4v) is 5.31. The first-order chi connectivity index (χ1) is 17.8. The van der Waals surface area contributed by atoms with E-state index in [1.54, 1.807) is 0 Å². The van der Waals surface area contributed by atoms with E-state index in [9.17, 15) is 4.79 Å². The van der Waals surface area contributed by atoms with Crippen molar-refractivity contribution in [2.45, 2.75) is 201 Å². The van der Waals surface area contributed by atoms with E-state index >= 15 is 0 Å². The van der Waals surface area contributed by atoms with Crippen molar-refractivity contribution in [3.8, 4) is 0 Å². The lowest BCUT2D eigenvalue weighted by Gasteiger charge is -2.16. The lowest BCUT2D eigenvalue weighted by atomic mass is 9.94. The smallest absolute Gasteiger partial charge is 0.308 e. The predicted molar refractivity (Wildman–Crippen MR) is 161 cm³/mol. The standard InChI is InChI=1S/C34H68O2/c1-4-7-10-13-15-17-18-19-20-21-22-24-26-28-31-33(34(35)36-32-29-12-9-6-3)30-27-25-23-16-14-11-8-5-2/h33H,4-32H2,1-3H3. The summed E-state index contributed by atoms with van der Waals surface area (Å²) >= 11 is 0. The van der Waals surface area contributed by atoms with Gasteiger partial charge in [0.1, 0.15) is 0 Å². The molecule has 36 heavy (non-hydrogen) atoms. The van der Waals surface area contributed by atoms with E-state index in [4.69, 9.17) is 4.74 Å². The number of unbranched alkanes of at least 4 members (excludes halogenated alkanes) is 23. The van der Waals surface area contributed by atoms with Gasteiger partial charge in [0, 0.05) is 0 Å². The SMILES string of the molecule is CCCCCCCCCCCCCCCCC(CCCCCCCCCC)C(=O)OCCCCCC. The summed E-state index contributed by atoms with van der Waals surface area (Å²) in [5, 5.41) is 0. The topological polar surface area (TPSA) is 26.3 Å². The molecule has 0 aromatic heterocycles. The first-order valence-corrected chi connectivity index (χ1v) is 16.9. The average Bonchev–Trinajstić information content (AvgIpc) is 2.88. The van der Waals surface area contributed by atoms with Crippen molar-refractivity contribution in [1.29, 1.82) is 0 Å². The zero-order chi connectivity index (χ0) is 26.4. The van der Waals surface area contributed by atoms with Crippen LogP contribution >= 0.6 is 0 Å². The summed E-state index contributed by atoms with van der Waals surface area (Å²) in [5.41, 5.74) is 0. The minimum atomic E-state index is 0.101. The second-order valence-corrected chi connectivity index (χ2v) is 11.6. The Hall–Kier alpha value is -0.530. The normalized spacial score (nSPS) is 12.2. The summed E-state index contributed by atoms with van der Waals surface area (Å²) in [6.07, 6.45) is 36.9. The van der Waals surface area contributed by atoms with Gasteiger partial charge in [0.25, 0.3) is 0 Å². The molecular formula is C34H68O2. The molecule has 2 heteroatoms. The molecule has 2 nitrogen and oxygen atoms in total. The van der Waals surface area contributed by atoms with Gasteiger partial charge in [0.15, 0.2) is 0 Å². The largest absolute Gasteiger partial charge is 0.465 e. The van der Waals surface area contributed by atoms with Gasteiger partial charge in [-0.05, 0) is 19.3 Å². The number of esters is 1. The van der Waals surface area contributed by atoms with E-state index < -0.39 is 0 Å². The van der Waals surface area contributed by atoms with Crippen LogP contribution in [0.15, 0.2) is 0 Å².